The molecule has 1 aliphatic rings. The second-order valence-electron chi connectivity index (χ2n) is 5.20. The van der Waals surface area contributed by atoms with Crippen LogP contribution in [0.5, 0.6) is 0 Å². The van der Waals surface area contributed by atoms with E-state index < -0.39 is 25.2 Å². The molecule has 1 fully saturated rings. The molecule has 1 aromatic rings. The van der Waals surface area contributed by atoms with Crippen molar-refractivity contribution in [3.05, 3.63) is 23.0 Å². The van der Waals surface area contributed by atoms with Crippen LogP contribution >= 0.6 is 11.6 Å². The van der Waals surface area contributed by atoms with E-state index in [1.54, 1.807) is 6.07 Å². The average Bonchev–Trinajstić information content (AvgIpc) is 2.46. The Labute approximate surface area is 112 Å². The van der Waals surface area contributed by atoms with Crippen LogP contribution in [0, 0.1) is 6.85 Å². The third-order valence-corrected chi connectivity index (χ3v) is 3.54. The van der Waals surface area contributed by atoms with Crippen LogP contribution < -0.4 is 5.46 Å². The Morgan fingerprint density at radius 1 is 1.24 bits per heavy atom. The van der Waals surface area contributed by atoms with Gasteiger partial charge in [-0.15, -0.1) is 0 Å². The molecule has 0 amide bonds. The highest BCUT2D eigenvalue weighted by molar-refractivity contribution is 6.62. The molecule has 0 unspecified atom stereocenters. The molecule has 1 saturated heterocycles. The molecule has 1 aromatic heterocycles. The van der Waals surface area contributed by atoms with E-state index in [-0.39, 0.29) is 10.8 Å². The monoisotopic (exact) mass is 256 g/mol. The van der Waals surface area contributed by atoms with E-state index in [1.165, 1.54) is 6.07 Å². The van der Waals surface area contributed by atoms with Gasteiger partial charge in [0.1, 0.15) is 5.15 Å². The predicted octanol–water partition coefficient (Wildman–Crippen LogP) is 2.34. The summed E-state index contributed by atoms with van der Waals surface area (Å²) in [5.41, 5.74) is -0.481. The Morgan fingerprint density at radius 3 is 2.35 bits per heavy atom. The van der Waals surface area contributed by atoms with Crippen LogP contribution in [0.25, 0.3) is 0 Å². The summed E-state index contributed by atoms with van der Waals surface area (Å²) in [6.45, 7) is 5.41. The van der Waals surface area contributed by atoms with Crippen LogP contribution in [0.3, 0.4) is 0 Å². The zero-order valence-electron chi connectivity index (χ0n) is 13.4. The summed E-state index contributed by atoms with van der Waals surface area (Å²) in [5.74, 6) is 0. The van der Waals surface area contributed by atoms with Gasteiger partial charge in [0.2, 0.25) is 0 Å². The largest absolute Gasteiger partial charge is 0.495 e. The van der Waals surface area contributed by atoms with Crippen molar-refractivity contribution < 1.29 is 13.4 Å². The van der Waals surface area contributed by atoms with Gasteiger partial charge >= 0.3 is 7.12 Å². The number of aromatic nitrogens is 1. The molecule has 0 aromatic carbocycles. The molecular weight excluding hydrogens is 236 g/mol. The number of hydrogen-bond acceptors (Lipinski definition) is 3. The van der Waals surface area contributed by atoms with Crippen molar-refractivity contribution in [3.8, 4) is 0 Å². The van der Waals surface area contributed by atoms with Crippen LogP contribution in [0.1, 0.15) is 37.5 Å². The quantitative estimate of drug-likeness (QED) is 0.571. The molecule has 92 valence electrons. The number of aryl methyl sites for hydroxylation is 1. The third-order valence-electron chi connectivity index (χ3n) is 3.34. The highest BCUT2D eigenvalue weighted by Crippen LogP contribution is 2.36. The molecule has 3 nitrogen and oxygen atoms in total. The van der Waals surface area contributed by atoms with Crippen molar-refractivity contribution in [2.45, 2.75) is 45.7 Å². The summed E-state index contributed by atoms with van der Waals surface area (Å²) < 4.78 is 34.0. The maximum absolute atomic E-state index is 7.42. The molecular formula is C12H17BClNO2. The van der Waals surface area contributed by atoms with Crippen LogP contribution in [0.15, 0.2) is 12.1 Å². The normalized spacial score (nSPS) is 25.2. The average molecular weight is 257 g/mol. The highest BCUT2D eigenvalue weighted by atomic mass is 35.5. The van der Waals surface area contributed by atoms with Crippen LogP contribution in [-0.4, -0.2) is 23.3 Å². The van der Waals surface area contributed by atoms with Crippen LogP contribution in [0.4, 0.5) is 0 Å². The Hall–Kier alpha value is -0.575. The summed E-state index contributed by atoms with van der Waals surface area (Å²) in [6.07, 6.45) is 0. The summed E-state index contributed by atoms with van der Waals surface area (Å²) in [4.78, 5) is 3.84. The molecule has 0 aliphatic carbocycles. The lowest BCUT2D eigenvalue weighted by Gasteiger charge is -2.32. The molecule has 5 heteroatoms. The van der Waals surface area contributed by atoms with Crippen molar-refractivity contribution >= 4 is 24.2 Å². The maximum Gasteiger partial charge on any atom is 0.495 e. The molecule has 0 N–H and O–H groups in total. The van der Waals surface area contributed by atoms with Gasteiger partial charge < -0.3 is 9.31 Å². The maximum atomic E-state index is 7.42. The summed E-state index contributed by atoms with van der Waals surface area (Å²) >= 11 is 5.90. The molecule has 1 aliphatic heterocycles. The fourth-order valence-electron chi connectivity index (χ4n) is 1.63. The second-order valence-corrected chi connectivity index (χ2v) is 5.58. The first-order chi connectivity index (χ1) is 8.92. The number of pyridine rings is 1. The summed E-state index contributed by atoms with van der Waals surface area (Å²) in [5, 5.41) is 0.114. The van der Waals surface area contributed by atoms with Gasteiger partial charge in [-0.05, 0) is 52.1 Å². The Balaban J connectivity index is 2.38. The van der Waals surface area contributed by atoms with E-state index >= 15 is 0 Å². The molecule has 17 heavy (non-hydrogen) atoms. The first-order valence-electron chi connectivity index (χ1n) is 6.96. The van der Waals surface area contributed by atoms with Crippen molar-refractivity contribution in [2.75, 3.05) is 0 Å². The molecule has 0 spiro atoms. The van der Waals surface area contributed by atoms with E-state index in [1.807, 2.05) is 27.7 Å². The summed E-state index contributed by atoms with van der Waals surface area (Å²) in [6, 6.07) is 3.03. The smallest absolute Gasteiger partial charge is 0.399 e. The van der Waals surface area contributed by atoms with Gasteiger partial charge in [-0.25, -0.2) is 4.98 Å². The third kappa shape index (κ3) is 2.35. The molecule has 2 heterocycles. The van der Waals surface area contributed by atoms with Crippen molar-refractivity contribution in [1.82, 2.24) is 4.98 Å². The number of hydrogen-bond donors (Lipinski definition) is 0. The molecule has 0 bridgehead atoms. The lowest BCUT2D eigenvalue weighted by Crippen LogP contribution is -2.41. The van der Waals surface area contributed by atoms with Gasteiger partial charge in [-0.1, -0.05) is 11.6 Å². The SMILES string of the molecule is [2H]C([2H])([2H])c1cc(B2OC(C)(C)C(C)(C)O2)cc(Cl)n1. The van der Waals surface area contributed by atoms with Crippen LogP contribution in [0.2, 0.25) is 5.15 Å². The van der Waals surface area contributed by atoms with E-state index in [9.17, 15) is 0 Å². The minimum absolute atomic E-state index is 0.0605. The zero-order chi connectivity index (χ0) is 15.3. The number of halogens is 1. The van der Waals surface area contributed by atoms with Gasteiger partial charge in [0.15, 0.2) is 0 Å². The van der Waals surface area contributed by atoms with Gasteiger partial charge in [-0.3, -0.25) is 0 Å². The zero-order valence-corrected chi connectivity index (χ0v) is 11.1. The molecule has 0 atom stereocenters. The molecule has 0 saturated carbocycles. The highest BCUT2D eigenvalue weighted by Gasteiger charge is 2.51. The van der Waals surface area contributed by atoms with Gasteiger partial charge in [0, 0.05) is 9.81 Å². The molecule has 2 rings (SSSR count). The lowest BCUT2D eigenvalue weighted by atomic mass is 9.79. The van der Waals surface area contributed by atoms with Crippen molar-refractivity contribution in [1.29, 1.82) is 0 Å². The van der Waals surface area contributed by atoms with E-state index in [4.69, 9.17) is 25.0 Å². The minimum Gasteiger partial charge on any atom is -0.399 e. The Kier molecular flexibility index (Phi) is 2.19. The second kappa shape index (κ2) is 3.97. The van der Waals surface area contributed by atoms with E-state index in [0.29, 0.717) is 5.46 Å². The summed E-state index contributed by atoms with van der Waals surface area (Å²) in [7, 11) is -0.651. The van der Waals surface area contributed by atoms with Crippen molar-refractivity contribution in [3.63, 3.8) is 0 Å². The van der Waals surface area contributed by atoms with Crippen LogP contribution in [-0.2, 0) is 9.31 Å². The standard InChI is InChI=1S/C12H17BClNO2/c1-8-6-9(7-10(14)15-8)13-16-11(2,3)12(4,5)17-13/h6-7H,1-5H3/i1D3. The fourth-order valence-corrected chi connectivity index (χ4v) is 1.85. The van der Waals surface area contributed by atoms with Gasteiger partial charge in [-0.2, -0.15) is 0 Å². The lowest BCUT2D eigenvalue weighted by molar-refractivity contribution is 0.00578. The first-order valence-corrected chi connectivity index (χ1v) is 5.84. The minimum atomic E-state index is -2.32. The van der Waals surface area contributed by atoms with Crippen molar-refractivity contribution in [2.24, 2.45) is 0 Å². The van der Waals surface area contributed by atoms with E-state index in [2.05, 4.69) is 4.98 Å². The number of rotatable bonds is 1. The fraction of sp³-hybridized carbons (Fsp3) is 0.583. The number of nitrogens with zero attached hydrogens (tertiary/aromatic N) is 1. The Morgan fingerprint density at radius 2 is 1.82 bits per heavy atom. The molecule has 0 radical (unpaired) electrons. The van der Waals surface area contributed by atoms with Gasteiger partial charge in [0.05, 0.1) is 11.2 Å². The topological polar surface area (TPSA) is 31.4 Å². The Bertz CT molecular complexity index is 518. The van der Waals surface area contributed by atoms with Gasteiger partial charge in [0.25, 0.3) is 0 Å². The first kappa shape index (κ1) is 9.37. The van der Waals surface area contributed by atoms with E-state index in [0.717, 1.165) is 0 Å². The predicted molar refractivity (Wildman–Crippen MR) is 69.7 cm³/mol.